The monoisotopic (exact) mass is 338 g/mol. The van der Waals surface area contributed by atoms with Gasteiger partial charge in [-0.2, -0.15) is 0 Å². The molecule has 3 rings (SSSR count). The molecule has 1 fully saturated rings. The zero-order valence-electron chi connectivity index (χ0n) is 14.5. The van der Waals surface area contributed by atoms with Gasteiger partial charge < -0.3 is 15.4 Å². The van der Waals surface area contributed by atoms with Crippen molar-refractivity contribution in [1.29, 1.82) is 0 Å². The minimum atomic E-state index is -0.0551. The largest absolute Gasteiger partial charge is 0.483 e. The maximum absolute atomic E-state index is 12.0. The lowest BCUT2D eigenvalue weighted by Gasteiger charge is -2.13. The van der Waals surface area contributed by atoms with Crippen LogP contribution < -0.4 is 15.4 Å². The van der Waals surface area contributed by atoms with Crippen LogP contribution in [-0.4, -0.2) is 32.1 Å². The first-order valence-electron chi connectivity index (χ1n) is 9.03. The molecule has 0 radical (unpaired) electrons. The molecule has 2 aromatic rings. The van der Waals surface area contributed by atoms with Gasteiger partial charge in [-0.05, 0) is 49.0 Å². The highest BCUT2D eigenvalue weighted by Gasteiger charge is 2.14. The summed E-state index contributed by atoms with van der Waals surface area (Å²) in [7, 11) is 0. The molecule has 1 amide bonds. The molecular weight excluding hydrogens is 312 g/mol. The lowest BCUT2D eigenvalue weighted by molar-refractivity contribution is -0.123. The summed E-state index contributed by atoms with van der Waals surface area (Å²) in [5.74, 6) is 1.41. The Hall–Kier alpha value is -2.33. The maximum Gasteiger partial charge on any atom is 0.257 e. The number of carbonyl (C=O) groups excluding carboxylic acids is 1. The summed E-state index contributed by atoms with van der Waals surface area (Å²) in [4.78, 5) is 12.0. The zero-order chi connectivity index (χ0) is 17.3. The van der Waals surface area contributed by atoms with Crippen molar-refractivity contribution in [2.75, 3.05) is 26.2 Å². The topological polar surface area (TPSA) is 50.4 Å². The van der Waals surface area contributed by atoms with Crippen molar-refractivity contribution in [3.63, 3.8) is 0 Å². The number of hydrogen-bond donors (Lipinski definition) is 2. The number of ether oxygens (including phenoxy) is 1. The zero-order valence-corrected chi connectivity index (χ0v) is 14.5. The third-order valence-electron chi connectivity index (χ3n) is 4.61. The van der Waals surface area contributed by atoms with E-state index in [1.807, 2.05) is 42.5 Å². The van der Waals surface area contributed by atoms with Crippen molar-refractivity contribution in [3.05, 3.63) is 65.7 Å². The summed E-state index contributed by atoms with van der Waals surface area (Å²) < 4.78 is 5.77. The van der Waals surface area contributed by atoms with Crippen LogP contribution in [0.4, 0.5) is 0 Å². The second-order valence-electron chi connectivity index (χ2n) is 6.56. The van der Waals surface area contributed by atoms with Gasteiger partial charge >= 0.3 is 0 Å². The third-order valence-corrected chi connectivity index (χ3v) is 4.61. The summed E-state index contributed by atoms with van der Waals surface area (Å²) in [5, 5.41) is 6.30. The number of carbonyl (C=O) groups is 1. The quantitative estimate of drug-likeness (QED) is 0.778. The van der Waals surface area contributed by atoms with Crippen molar-refractivity contribution >= 4 is 5.91 Å². The summed E-state index contributed by atoms with van der Waals surface area (Å²) >= 11 is 0. The van der Waals surface area contributed by atoms with E-state index in [0.29, 0.717) is 5.92 Å². The smallest absolute Gasteiger partial charge is 0.257 e. The molecule has 0 aliphatic carbocycles. The predicted molar refractivity (Wildman–Crippen MR) is 99.8 cm³/mol. The molecule has 0 aromatic heterocycles. The molecule has 1 unspecified atom stereocenters. The van der Waals surface area contributed by atoms with Crippen molar-refractivity contribution in [2.24, 2.45) is 5.92 Å². The van der Waals surface area contributed by atoms with Crippen LogP contribution in [-0.2, 0) is 11.2 Å². The lowest BCUT2D eigenvalue weighted by Crippen LogP contribution is -2.31. The molecule has 1 aliphatic heterocycles. The fourth-order valence-electron chi connectivity index (χ4n) is 3.18. The molecule has 1 atom stereocenters. The van der Waals surface area contributed by atoms with E-state index in [4.69, 9.17) is 4.74 Å². The van der Waals surface area contributed by atoms with Crippen LogP contribution in [0, 0.1) is 5.92 Å². The van der Waals surface area contributed by atoms with Crippen LogP contribution >= 0.6 is 0 Å². The van der Waals surface area contributed by atoms with E-state index < -0.39 is 0 Å². The number of nitrogens with one attached hydrogen (secondary N) is 2. The van der Waals surface area contributed by atoms with Crippen molar-refractivity contribution in [3.8, 4) is 5.75 Å². The number of benzene rings is 2. The van der Waals surface area contributed by atoms with Crippen molar-refractivity contribution in [1.82, 2.24) is 10.6 Å². The Balaban J connectivity index is 1.46. The predicted octanol–water partition coefficient (Wildman–Crippen LogP) is 2.77. The molecule has 0 bridgehead atoms. The Bertz CT molecular complexity index is 667. The molecule has 0 spiro atoms. The van der Waals surface area contributed by atoms with E-state index in [1.165, 1.54) is 12.0 Å². The molecule has 1 heterocycles. The molecule has 1 saturated heterocycles. The maximum atomic E-state index is 12.0. The Morgan fingerprint density at radius 3 is 2.72 bits per heavy atom. The highest BCUT2D eigenvalue weighted by atomic mass is 16.5. The van der Waals surface area contributed by atoms with Gasteiger partial charge in [-0.1, -0.05) is 48.5 Å². The Kier molecular flexibility index (Phi) is 6.46. The van der Waals surface area contributed by atoms with E-state index in [0.717, 1.165) is 43.8 Å². The summed E-state index contributed by atoms with van der Waals surface area (Å²) in [6.45, 7) is 2.95. The van der Waals surface area contributed by atoms with E-state index in [-0.39, 0.29) is 12.5 Å². The van der Waals surface area contributed by atoms with E-state index in [1.54, 1.807) is 0 Å². The normalized spacial score (nSPS) is 16.6. The first kappa shape index (κ1) is 17.5. The standard InChI is InChI=1S/C21H26N2O2/c24-21(23-13-11-18-10-12-22-15-18)16-25-20-9-5-4-8-19(20)14-17-6-2-1-3-7-17/h1-9,18,22H,10-16H2,(H,23,24). The third kappa shape index (κ3) is 5.61. The van der Waals surface area contributed by atoms with Gasteiger partial charge in [0.15, 0.2) is 6.61 Å². The van der Waals surface area contributed by atoms with Crippen LogP contribution in [0.5, 0.6) is 5.75 Å². The van der Waals surface area contributed by atoms with Gasteiger partial charge in [0.25, 0.3) is 5.91 Å². The Labute approximate surface area is 149 Å². The van der Waals surface area contributed by atoms with Crippen molar-refractivity contribution < 1.29 is 9.53 Å². The molecule has 1 aliphatic rings. The molecule has 2 N–H and O–H groups in total. The summed E-state index contributed by atoms with van der Waals surface area (Å²) in [6.07, 6.45) is 3.04. The average molecular weight is 338 g/mol. The first-order chi connectivity index (χ1) is 12.3. The van der Waals surface area contributed by atoms with Crippen LogP contribution in [0.2, 0.25) is 0 Å². The molecule has 25 heavy (non-hydrogen) atoms. The van der Waals surface area contributed by atoms with Crippen LogP contribution in [0.3, 0.4) is 0 Å². The minimum absolute atomic E-state index is 0.0551. The van der Waals surface area contributed by atoms with Gasteiger partial charge in [0.2, 0.25) is 0 Å². The lowest BCUT2D eigenvalue weighted by atomic mass is 10.0. The van der Waals surface area contributed by atoms with Gasteiger partial charge in [0.1, 0.15) is 5.75 Å². The first-order valence-corrected chi connectivity index (χ1v) is 9.03. The minimum Gasteiger partial charge on any atom is -0.483 e. The van der Waals surface area contributed by atoms with Gasteiger partial charge in [-0.25, -0.2) is 0 Å². The SMILES string of the molecule is O=C(COc1ccccc1Cc1ccccc1)NCCC1CCNC1. The van der Waals surface area contributed by atoms with Gasteiger partial charge in [-0.15, -0.1) is 0 Å². The second kappa shape index (κ2) is 9.23. The van der Waals surface area contributed by atoms with Gasteiger partial charge in [-0.3, -0.25) is 4.79 Å². The molecule has 4 heteroatoms. The van der Waals surface area contributed by atoms with E-state index in [9.17, 15) is 4.79 Å². The van der Waals surface area contributed by atoms with Gasteiger partial charge in [0.05, 0.1) is 0 Å². The number of hydrogen-bond acceptors (Lipinski definition) is 3. The fourth-order valence-corrected chi connectivity index (χ4v) is 3.18. The average Bonchev–Trinajstić information content (AvgIpc) is 3.15. The molecule has 0 saturated carbocycles. The molecule has 4 nitrogen and oxygen atoms in total. The number of para-hydroxylation sites is 1. The molecular formula is C21H26N2O2. The fraction of sp³-hybridized carbons (Fsp3) is 0.381. The van der Waals surface area contributed by atoms with Crippen LogP contribution in [0.15, 0.2) is 54.6 Å². The Morgan fingerprint density at radius 2 is 1.92 bits per heavy atom. The highest BCUT2D eigenvalue weighted by Crippen LogP contribution is 2.21. The second-order valence-corrected chi connectivity index (χ2v) is 6.56. The Morgan fingerprint density at radius 1 is 1.12 bits per heavy atom. The summed E-state index contributed by atoms with van der Waals surface area (Å²) in [6, 6.07) is 18.2. The van der Waals surface area contributed by atoms with E-state index in [2.05, 4.69) is 22.8 Å². The van der Waals surface area contributed by atoms with Gasteiger partial charge in [0, 0.05) is 13.0 Å². The van der Waals surface area contributed by atoms with Crippen LogP contribution in [0.1, 0.15) is 24.0 Å². The highest BCUT2D eigenvalue weighted by molar-refractivity contribution is 5.77. The number of rotatable bonds is 8. The number of amides is 1. The molecule has 132 valence electrons. The summed E-state index contributed by atoms with van der Waals surface area (Å²) in [5.41, 5.74) is 2.33. The van der Waals surface area contributed by atoms with Crippen LogP contribution in [0.25, 0.3) is 0 Å². The van der Waals surface area contributed by atoms with Crippen molar-refractivity contribution in [2.45, 2.75) is 19.3 Å². The molecule has 2 aromatic carbocycles. The van der Waals surface area contributed by atoms with E-state index >= 15 is 0 Å².